The zero-order valence-corrected chi connectivity index (χ0v) is 23.1. The molecule has 0 saturated heterocycles. The molecule has 0 N–H and O–H groups in total. The van der Waals surface area contributed by atoms with E-state index in [9.17, 15) is 0 Å². The molecule has 0 bridgehead atoms. The smallest absolute Gasteiger partial charge is 0.0541 e. The minimum atomic E-state index is 0.127. The molecule has 41 heavy (non-hydrogen) atoms. The molecule has 192 valence electrons. The molecule has 1 aliphatic heterocycles. The van der Waals surface area contributed by atoms with Crippen molar-refractivity contribution in [1.29, 1.82) is 0 Å². The van der Waals surface area contributed by atoms with Gasteiger partial charge in [-0.15, -0.1) is 0 Å². The fraction of sp³-hybridized carbons (Fsp3) is 0.0256. The Balaban J connectivity index is 1.39. The molecule has 2 heterocycles. The van der Waals surface area contributed by atoms with E-state index in [0.29, 0.717) is 0 Å². The Labute approximate surface area is 242 Å². The Morgan fingerprint density at radius 3 is 1.68 bits per heavy atom. The molecule has 0 unspecified atom stereocenters. The normalized spacial score (nSPS) is 13.2. The van der Waals surface area contributed by atoms with Crippen molar-refractivity contribution in [3.05, 3.63) is 162 Å². The van der Waals surface area contributed by atoms with Gasteiger partial charge in [0, 0.05) is 32.2 Å². The number of rotatable bonds is 2. The van der Waals surface area contributed by atoms with Gasteiger partial charge in [0.05, 0.1) is 11.0 Å². The van der Waals surface area contributed by atoms with Crippen molar-refractivity contribution in [3.63, 3.8) is 0 Å². The maximum Gasteiger partial charge on any atom is 0.0541 e. The van der Waals surface area contributed by atoms with Gasteiger partial charge in [0.15, 0.2) is 0 Å². The van der Waals surface area contributed by atoms with Gasteiger partial charge in [-0.1, -0.05) is 115 Å². The summed E-state index contributed by atoms with van der Waals surface area (Å²) in [7, 11) is 0. The molecule has 7 aromatic carbocycles. The van der Waals surface area contributed by atoms with Crippen LogP contribution in [-0.4, -0.2) is 4.57 Å². The minimum absolute atomic E-state index is 0.127. The number of benzene rings is 7. The van der Waals surface area contributed by atoms with Crippen LogP contribution in [0, 0.1) is 0 Å². The summed E-state index contributed by atoms with van der Waals surface area (Å²) in [5, 5.41) is 7.85. The lowest BCUT2D eigenvalue weighted by Crippen LogP contribution is -2.11. The number of hydrogen-bond donors (Lipinski definition) is 0. The van der Waals surface area contributed by atoms with Gasteiger partial charge in [-0.25, -0.2) is 0 Å². The van der Waals surface area contributed by atoms with Gasteiger partial charge in [-0.3, -0.25) is 0 Å². The molecule has 1 aromatic heterocycles. The van der Waals surface area contributed by atoms with Crippen LogP contribution in [0.5, 0.6) is 0 Å². The average Bonchev–Trinajstić information content (AvgIpc) is 3.37. The first-order valence-electron chi connectivity index (χ1n) is 14.1. The van der Waals surface area contributed by atoms with Crippen molar-refractivity contribution >= 4 is 55.1 Å². The third-order valence-corrected chi connectivity index (χ3v) is 9.85. The third-order valence-electron chi connectivity index (χ3n) is 8.70. The maximum atomic E-state index is 2.47. The number of para-hydroxylation sites is 2. The zero-order valence-electron chi connectivity index (χ0n) is 22.3. The van der Waals surface area contributed by atoms with Gasteiger partial charge >= 0.3 is 0 Å². The summed E-state index contributed by atoms with van der Waals surface area (Å²) in [6.45, 7) is 0. The fourth-order valence-corrected chi connectivity index (χ4v) is 8.13. The summed E-state index contributed by atoms with van der Waals surface area (Å²) < 4.78 is 2.40. The lowest BCUT2D eigenvalue weighted by Gasteiger charge is -2.31. The van der Waals surface area contributed by atoms with Crippen molar-refractivity contribution in [3.8, 4) is 5.69 Å². The Morgan fingerprint density at radius 1 is 0.439 bits per heavy atom. The lowest BCUT2D eigenvalue weighted by atomic mass is 9.80. The Morgan fingerprint density at radius 2 is 1.00 bits per heavy atom. The second-order valence-electron chi connectivity index (χ2n) is 10.9. The molecule has 9 rings (SSSR count). The summed E-state index contributed by atoms with van der Waals surface area (Å²) >= 11 is 1.91. The van der Waals surface area contributed by atoms with Gasteiger partial charge in [0.25, 0.3) is 0 Å². The van der Waals surface area contributed by atoms with E-state index in [4.69, 9.17) is 0 Å². The quantitative estimate of drug-likeness (QED) is 0.211. The van der Waals surface area contributed by atoms with Gasteiger partial charge in [-0.05, 0) is 80.7 Å². The highest BCUT2D eigenvalue weighted by atomic mass is 32.2. The molecule has 2 heteroatoms. The van der Waals surface area contributed by atoms with Crippen molar-refractivity contribution in [2.75, 3.05) is 0 Å². The molecule has 0 atom stereocenters. The Bertz CT molecular complexity index is 2210. The van der Waals surface area contributed by atoms with Crippen LogP contribution in [0.4, 0.5) is 0 Å². The number of hydrogen-bond acceptors (Lipinski definition) is 1. The molecular formula is C39H25NS. The van der Waals surface area contributed by atoms with Crippen LogP contribution in [0.15, 0.2) is 155 Å². The Hall–Kier alpha value is -4.79. The first-order chi connectivity index (χ1) is 20.3. The molecule has 0 amide bonds. The van der Waals surface area contributed by atoms with Crippen molar-refractivity contribution in [2.24, 2.45) is 0 Å². The predicted octanol–water partition coefficient (Wildman–Crippen LogP) is 10.7. The van der Waals surface area contributed by atoms with E-state index in [1.165, 1.54) is 75.5 Å². The van der Waals surface area contributed by atoms with Gasteiger partial charge in [-0.2, -0.15) is 0 Å². The van der Waals surface area contributed by atoms with E-state index in [1.54, 1.807) is 0 Å². The highest BCUT2D eigenvalue weighted by Crippen LogP contribution is 2.53. The van der Waals surface area contributed by atoms with E-state index in [2.05, 4.69) is 150 Å². The highest BCUT2D eigenvalue weighted by molar-refractivity contribution is 7.99. The van der Waals surface area contributed by atoms with Crippen LogP contribution >= 0.6 is 11.8 Å². The fourth-order valence-electron chi connectivity index (χ4n) is 6.95. The SMILES string of the molecule is c1ccc(-n2c3ccccc3c3cc(C4c5c(ccc6ccccc56)Sc5ccc6ccccc6c54)ccc32)cc1. The lowest BCUT2D eigenvalue weighted by molar-refractivity contribution is 0.927. The van der Waals surface area contributed by atoms with E-state index < -0.39 is 0 Å². The Kier molecular flexibility index (Phi) is 4.96. The van der Waals surface area contributed by atoms with Gasteiger partial charge in [0.1, 0.15) is 0 Å². The summed E-state index contributed by atoms with van der Waals surface area (Å²) in [5.74, 6) is 0.127. The zero-order chi connectivity index (χ0) is 26.9. The summed E-state index contributed by atoms with van der Waals surface area (Å²) in [6.07, 6.45) is 0. The largest absolute Gasteiger partial charge is 0.309 e. The van der Waals surface area contributed by atoms with Crippen molar-refractivity contribution in [1.82, 2.24) is 4.57 Å². The van der Waals surface area contributed by atoms with Crippen LogP contribution < -0.4 is 0 Å². The van der Waals surface area contributed by atoms with E-state index in [0.717, 1.165) is 0 Å². The van der Waals surface area contributed by atoms with E-state index in [-0.39, 0.29) is 5.92 Å². The molecule has 0 spiro atoms. The number of fused-ring (bicyclic) bond motifs is 9. The second kappa shape index (κ2) is 8.86. The molecule has 0 aliphatic carbocycles. The molecule has 1 aliphatic rings. The van der Waals surface area contributed by atoms with E-state index >= 15 is 0 Å². The predicted molar refractivity (Wildman–Crippen MR) is 174 cm³/mol. The average molecular weight is 540 g/mol. The maximum absolute atomic E-state index is 2.47. The summed E-state index contributed by atoms with van der Waals surface area (Å²) in [6, 6.07) is 53.7. The second-order valence-corrected chi connectivity index (χ2v) is 12.0. The minimum Gasteiger partial charge on any atom is -0.309 e. The first kappa shape index (κ1) is 23.0. The van der Waals surface area contributed by atoms with Crippen LogP contribution in [-0.2, 0) is 0 Å². The summed E-state index contributed by atoms with van der Waals surface area (Å²) in [5.41, 5.74) is 7.84. The van der Waals surface area contributed by atoms with Crippen LogP contribution in [0.3, 0.4) is 0 Å². The van der Waals surface area contributed by atoms with Gasteiger partial charge < -0.3 is 4.57 Å². The number of aromatic nitrogens is 1. The van der Waals surface area contributed by atoms with Crippen molar-refractivity contribution < 1.29 is 0 Å². The van der Waals surface area contributed by atoms with Crippen LogP contribution in [0.1, 0.15) is 22.6 Å². The molecule has 8 aromatic rings. The molecular weight excluding hydrogens is 515 g/mol. The first-order valence-corrected chi connectivity index (χ1v) is 15.0. The monoisotopic (exact) mass is 539 g/mol. The highest BCUT2D eigenvalue weighted by Gasteiger charge is 2.31. The molecule has 0 fully saturated rings. The molecule has 0 saturated carbocycles. The summed E-state index contributed by atoms with van der Waals surface area (Å²) in [4.78, 5) is 2.70. The van der Waals surface area contributed by atoms with Crippen molar-refractivity contribution in [2.45, 2.75) is 15.7 Å². The third kappa shape index (κ3) is 3.38. The van der Waals surface area contributed by atoms with Crippen LogP contribution in [0.25, 0.3) is 49.0 Å². The van der Waals surface area contributed by atoms with E-state index in [1.807, 2.05) is 11.8 Å². The standard InChI is InChI=1S/C39H25NS/c1-2-12-28(13-3-1)40-33-17-9-8-16-31(33)32-24-27(18-21-34(32)40)37-38-29-14-6-4-10-25(29)19-22-35(38)41-36-23-20-26-11-5-7-15-30(26)39(36)37/h1-24,37H. The van der Waals surface area contributed by atoms with Crippen LogP contribution in [0.2, 0.25) is 0 Å². The number of nitrogens with zero attached hydrogens (tertiary/aromatic N) is 1. The molecule has 0 radical (unpaired) electrons. The van der Waals surface area contributed by atoms with Gasteiger partial charge in [0.2, 0.25) is 0 Å². The molecule has 1 nitrogen and oxygen atoms in total. The topological polar surface area (TPSA) is 4.93 Å².